The van der Waals surface area contributed by atoms with Gasteiger partial charge in [0.25, 0.3) is 17.5 Å². The number of nitro groups is 1. The van der Waals surface area contributed by atoms with Crippen LogP contribution in [0.4, 0.5) is 25.8 Å². The fraction of sp³-hybridized carbons (Fsp3) is 0. The normalized spacial score (nSPS) is 10.3. The van der Waals surface area contributed by atoms with Crippen molar-refractivity contribution in [1.29, 1.82) is 0 Å². The molecule has 0 heterocycles. The molecule has 0 aliphatic rings. The fourth-order valence-corrected chi connectivity index (χ4v) is 2.56. The van der Waals surface area contributed by atoms with E-state index in [2.05, 4.69) is 10.6 Å². The number of halogens is 2. The molecule has 0 bridgehead atoms. The van der Waals surface area contributed by atoms with Gasteiger partial charge in [0, 0.05) is 23.5 Å². The maximum Gasteiger partial charge on any atom is 0.270 e. The number of benzene rings is 3. The number of anilines is 2. The molecule has 7 nitrogen and oxygen atoms in total. The highest BCUT2D eigenvalue weighted by Crippen LogP contribution is 2.21. The Morgan fingerprint density at radius 1 is 0.759 bits per heavy atom. The lowest BCUT2D eigenvalue weighted by molar-refractivity contribution is -0.384. The lowest BCUT2D eigenvalue weighted by Gasteiger charge is -2.11. The van der Waals surface area contributed by atoms with Crippen molar-refractivity contribution >= 4 is 28.9 Å². The fourth-order valence-electron chi connectivity index (χ4n) is 2.56. The molecule has 0 aliphatic carbocycles. The van der Waals surface area contributed by atoms with Crippen molar-refractivity contribution in [1.82, 2.24) is 0 Å². The third kappa shape index (κ3) is 4.78. The van der Waals surface area contributed by atoms with Gasteiger partial charge in [-0.2, -0.15) is 0 Å². The van der Waals surface area contributed by atoms with Crippen LogP contribution in [0.5, 0.6) is 0 Å². The highest BCUT2D eigenvalue weighted by molar-refractivity contribution is 6.15. The second kappa shape index (κ2) is 8.26. The Bertz CT molecular complexity index is 1120. The number of nitrogens with one attached hydrogen (secondary N) is 2. The van der Waals surface area contributed by atoms with Gasteiger partial charge < -0.3 is 10.6 Å². The minimum atomic E-state index is -0.844. The third-order valence-electron chi connectivity index (χ3n) is 3.87. The molecule has 2 amide bonds. The van der Waals surface area contributed by atoms with Crippen LogP contribution in [0, 0.1) is 21.7 Å². The highest BCUT2D eigenvalue weighted by atomic mass is 19.1. The molecule has 0 aromatic heterocycles. The van der Waals surface area contributed by atoms with E-state index in [9.17, 15) is 28.5 Å². The summed E-state index contributed by atoms with van der Waals surface area (Å²) in [7, 11) is 0. The van der Waals surface area contributed by atoms with E-state index in [1.165, 1.54) is 36.4 Å². The Kier molecular flexibility index (Phi) is 5.59. The maximum atomic E-state index is 13.3. The highest BCUT2D eigenvalue weighted by Gasteiger charge is 2.21. The number of non-ortho nitro benzene ring substituents is 1. The van der Waals surface area contributed by atoms with Crippen LogP contribution < -0.4 is 10.6 Å². The van der Waals surface area contributed by atoms with E-state index in [0.717, 1.165) is 30.3 Å². The number of nitrogens with zero attached hydrogens (tertiary/aromatic N) is 1. The molecule has 9 heteroatoms. The topological polar surface area (TPSA) is 101 Å². The number of carbonyl (C=O) groups excluding carboxylic acids is 2. The summed E-state index contributed by atoms with van der Waals surface area (Å²) in [6.07, 6.45) is 0. The standard InChI is InChI=1S/C20H13F2N3O4/c21-12-3-1-5-14(9-12)23-19(26)17-8-7-16(25(28)29)11-18(17)20(27)24-15-6-2-4-13(22)10-15/h1-11H,(H,23,26)(H,24,27). The van der Waals surface area contributed by atoms with Crippen LogP contribution in [0.2, 0.25) is 0 Å². The van der Waals surface area contributed by atoms with Gasteiger partial charge in [0.15, 0.2) is 0 Å². The summed E-state index contributed by atoms with van der Waals surface area (Å²) < 4.78 is 26.7. The minimum absolute atomic E-state index is 0.109. The number of rotatable bonds is 5. The number of amides is 2. The lowest BCUT2D eigenvalue weighted by Crippen LogP contribution is -2.20. The Morgan fingerprint density at radius 2 is 1.28 bits per heavy atom. The monoisotopic (exact) mass is 397 g/mol. The molecule has 0 aliphatic heterocycles. The lowest BCUT2D eigenvalue weighted by atomic mass is 10.0. The molecule has 3 aromatic rings. The molecule has 3 aromatic carbocycles. The Morgan fingerprint density at radius 3 is 1.76 bits per heavy atom. The first-order valence-electron chi connectivity index (χ1n) is 8.26. The van der Waals surface area contributed by atoms with Crippen LogP contribution >= 0.6 is 0 Å². The van der Waals surface area contributed by atoms with Crippen LogP contribution in [-0.2, 0) is 0 Å². The molecule has 0 unspecified atom stereocenters. The van der Waals surface area contributed by atoms with E-state index in [1.54, 1.807) is 0 Å². The van der Waals surface area contributed by atoms with Gasteiger partial charge >= 0.3 is 0 Å². The Hall–Kier alpha value is -4.14. The maximum absolute atomic E-state index is 13.3. The van der Waals surface area contributed by atoms with Gasteiger partial charge in [0.1, 0.15) is 11.6 Å². The van der Waals surface area contributed by atoms with Gasteiger partial charge in [0.05, 0.1) is 16.1 Å². The Labute approximate surface area is 163 Å². The zero-order chi connectivity index (χ0) is 21.0. The van der Waals surface area contributed by atoms with E-state index in [1.807, 2.05) is 0 Å². The van der Waals surface area contributed by atoms with Crippen molar-refractivity contribution in [3.05, 3.63) is 99.6 Å². The van der Waals surface area contributed by atoms with Crippen molar-refractivity contribution in [3.63, 3.8) is 0 Å². The van der Waals surface area contributed by atoms with Crippen molar-refractivity contribution in [3.8, 4) is 0 Å². The van der Waals surface area contributed by atoms with E-state index in [-0.39, 0.29) is 22.5 Å². The molecule has 0 atom stereocenters. The van der Waals surface area contributed by atoms with E-state index in [0.29, 0.717) is 0 Å². The summed E-state index contributed by atoms with van der Waals surface area (Å²) in [5.74, 6) is -2.78. The first-order chi connectivity index (χ1) is 13.8. The summed E-state index contributed by atoms with van der Waals surface area (Å²) in [6.45, 7) is 0. The zero-order valence-electron chi connectivity index (χ0n) is 14.7. The van der Waals surface area contributed by atoms with Gasteiger partial charge in [-0.05, 0) is 42.5 Å². The number of hydrogen-bond acceptors (Lipinski definition) is 4. The minimum Gasteiger partial charge on any atom is -0.322 e. The van der Waals surface area contributed by atoms with E-state index in [4.69, 9.17) is 0 Å². The van der Waals surface area contributed by atoms with Gasteiger partial charge in [-0.1, -0.05) is 12.1 Å². The van der Waals surface area contributed by atoms with Crippen LogP contribution in [-0.4, -0.2) is 16.7 Å². The largest absolute Gasteiger partial charge is 0.322 e. The molecule has 0 radical (unpaired) electrons. The average Bonchev–Trinajstić information content (AvgIpc) is 2.67. The first-order valence-corrected chi connectivity index (χ1v) is 8.26. The molecular formula is C20H13F2N3O4. The van der Waals surface area contributed by atoms with Crippen LogP contribution in [0.3, 0.4) is 0 Å². The Balaban J connectivity index is 1.95. The van der Waals surface area contributed by atoms with Crippen molar-refractivity contribution in [2.75, 3.05) is 10.6 Å². The van der Waals surface area contributed by atoms with Crippen LogP contribution in [0.1, 0.15) is 20.7 Å². The predicted molar refractivity (Wildman–Crippen MR) is 102 cm³/mol. The summed E-state index contributed by atoms with van der Waals surface area (Å²) in [4.78, 5) is 35.6. The molecule has 0 spiro atoms. The van der Waals surface area contributed by atoms with Gasteiger partial charge in [-0.25, -0.2) is 8.78 Å². The van der Waals surface area contributed by atoms with E-state index >= 15 is 0 Å². The van der Waals surface area contributed by atoms with Crippen LogP contribution in [0.15, 0.2) is 66.7 Å². The van der Waals surface area contributed by atoms with Gasteiger partial charge in [-0.15, -0.1) is 0 Å². The predicted octanol–water partition coefficient (Wildman–Crippen LogP) is 4.38. The first kappa shape index (κ1) is 19.6. The smallest absolute Gasteiger partial charge is 0.270 e. The van der Waals surface area contributed by atoms with E-state index < -0.39 is 34.1 Å². The molecule has 0 fully saturated rings. The molecule has 3 rings (SSSR count). The summed E-state index contributed by atoms with van der Waals surface area (Å²) in [5.41, 5.74) is -0.620. The molecule has 29 heavy (non-hydrogen) atoms. The third-order valence-corrected chi connectivity index (χ3v) is 3.87. The summed E-state index contributed by atoms with van der Waals surface area (Å²) >= 11 is 0. The van der Waals surface area contributed by atoms with Crippen molar-refractivity contribution in [2.24, 2.45) is 0 Å². The number of hydrogen-bond donors (Lipinski definition) is 2. The van der Waals surface area contributed by atoms with Crippen LogP contribution in [0.25, 0.3) is 0 Å². The SMILES string of the molecule is O=C(Nc1cccc(F)c1)c1ccc([N+](=O)[O-])cc1C(=O)Nc1cccc(F)c1. The van der Waals surface area contributed by atoms with Crippen molar-refractivity contribution < 1.29 is 23.3 Å². The molecule has 0 saturated heterocycles. The second-order valence-electron chi connectivity index (χ2n) is 5.92. The number of nitro benzene ring substituents is 1. The average molecular weight is 397 g/mol. The quantitative estimate of drug-likeness (QED) is 0.493. The zero-order valence-corrected chi connectivity index (χ0v) is 14.7. The molecule has 2 N–H and O–H groups in total. The van der Waals surface area contributed by atoms with Gasteiger partial charge in [0.2, 0.25) is 0 Å². The second-order valence-corrected chi connectivity index (χ2v) is 5.92. The van der Waals surface area contributed by atoms with Gasteiger partial charge in [-0.3, -0.25) is 19.7 Å². The summed E-state index contributed by atoms with van der Waals surface area (Å²) in [5, 5.41) is 15.9. The molecular weight excluding hydrogens is 384 g/mol. The summed E-state index contributed by atoms with van der Waals surface area (Å²) in [6, 6.07) is 13.3. The van der Waals surface area contributed by atoms with Crippen molar-refractivity contribution in [2.45, 2.75) is 0 Å². The molecule has 146 valence electrons. The number of carbonyl (C=O) groups is 2. The molecule has 0 saturated carbocycles.